The third kappa shape index (κ3) is 5.60. The Morgan fingerprint density at radius 3 is 2.42 bits per heavy atom. The fourth-order valence-electron chi connectivity index (χ4n) is 2.97. The summed E-state index contributed by atoms with van der Waals surface area (Å²) in [6.07, 6.45) is 1.55. The van der Waals surface area contributed by atoms with E-state index in [1.54, 1.807) is 49.7 Å². The number of carbonyl (C=O) groups is 1. The van der Waals surface area contributed by atoms with Crippen LogP contribution in [0.3, 0.4) is 0 Å². The zero-order valence-corrected chi connectivity index (χ0v) is 19.3. The number of rotatable bonds is 10. The molecule has 0 fully saturated rings. The molecule has 10 heteroatoms. The van der Waals surface area contributed by atoms with E-state index in [1.165, 1.54) is 38.4 Å². The Balaban J connectivity index is 1.77. The molecule has 0 bridgehead atoms. The van der Waals surface area contributed by atoms with Gasteiger partial charge in [0.2, 0.25) is 5.88 Å². The molecular formula is C23H25N3O6S. The van der Waals surface area contributed by atoms with E-state index in [1.807, 2.05) is 0 Å². The summed E-state index contributed by atoms with van der Waals surface area (Å²) < 4.78 is 43.0. The summed E-state index contributed by atoms with van der Waals surface area (Å²) in [4.78, 5) is 16.9. The molecule has 2 aromatic carbocycles. The van der Waals surface area contributed by atoms with Gasteiger partial charge in [-0.2, -0.15) is 0 Å². The summed E-state index contributed by atoms with van der Waals surface area (Å²) in [5.74, 6) is 0.265. The zero-order valence-electron chi connectivity index (χ0n) is 18.5. The summed E-state index contributed by atoms with van der Waals surface area (Å²) in [6, 6.07) is 15.8. The number of ether oxygens (including phenoxy) is 3. The number of benzene rings is 2. The second-order valence-electron chi connectivity index (χ2n) is 6.82. The van der Waals surface area contributed by atoms with Crippen molar-refractivity contribution in [2.24, 2.45) is 0 Å². The number of nitrogens with zero attached hydrogens (tertiary/aromatic N) is 2. The minimum Gasteiger partial charge on any atom is -0.495 e. The first-order valence-electron chi connectivity index (χ1n) is 9.98. The van der Waals surface area contributed by atoms with Gasteiger partial charge < -0.3 is 19.5 Å². The normalized spacial score (nSPS) is 11.0. The van der Waals surface area contributed by atoms with Crippen LogP contribution in [0.4, 0.5) is 11.4 Å². The van der Waals surface area contributed by atoms with E-state index in [9.17, 15) is 13.2 Å². The first kappa shape index (κ1) is 24.0. The fourth-order valence-corrected chi connectivity index (χ4v) is 4.18. The predicted octanol–water partition coefficient (Wildman–Crippen LogP) is 3.19. The van der Waals surface area contributed by atoms with Crippen LogP contribution in [0.25, 0.3) is 0 Å². The van der Waals surface area contributed by atoms with E-state index < -0.39 is 15.9 Å². The van der Waals surface area contributed by atoms with E-state index in [0.29, 0.717) is 23.7 Å². The van der Waals surface area contributed by atoms with Crippen molar-refractivity contribution in [3.63, 3.8) is 0 Å². The van der Waals surface area contributed by atoms with Crippen molar-refractivity contribution in [2.75, 3.05) is 44.1 Å². The molecule has 1 heterocycles. The second-order valence-corrected chi connectivity index (χ2v) is 8.79. The maximum Gasteiger partial charge on any atom is 0.264 e. The maximum absolute atomic E-state index is 13.1. The summed E-state index contributed by atoms with van der Waals surface area (Å²) in [5.41, 5.74) is 1.08. The Labute approximate surface area is 193 Å². The van der Waals surface area contributed by atoms with Crippen LogP contribution in [0.15, 0.2) is 71.8 Å². The number of sulfonamides is 1. The van der Waals surface area contributed by atoms with Crippen LogP contribution in [0.5, 0.6) is 11.6 Å². The second kappa shape index (κ2) is 10.8. The van der Waals surface area contributed by atoms with Gasteiger partial charge in [-0.15, -0.1) is 0 Å². The summed E-state index contributed by atoms with van der Waals surface area (Å²) in [7, 11) is 0.613. The number of hydrogen-bond acceptors (Lipinski definition) is 7. The minimum absolute atomic E-state index is 0.0393. The smallest absolute Gasteiger partial charge is 0.264 e. The van der Waals surface area contributed by atoms with Gasteiger partial charge in [-0.25, -0.2) is 13.4 Å². The lowest BCUT2D eigenvalue weighted by Gasteiger charge is -2.21. The first-order chi connectivity index (χ1) is 15.9. The molecule has 0 aliphatic heterocycles. The van der Waals surface area contributed by atoms with E-state index in [2.05, 4.69) is 10.3 Å². The van der Waals surface area contributed by atoms with Crippen LogP contribution in [-0.4, -0.2) is 53.8 Å². The van der Waals surface area contributed by atoms with Crippen molar-refractivity contribution in [1.82, 2.24) is 4.98 Å². The first-order valence-corrected chi connectivity index (χ1v) is 11.4. The van der Waals surface area contributed by atoms with Crippen LogP contribution in [-0.2, 0) is 14.8 Å². The molecule has 0 radical (unpaired) electrons. The number of para-hydroxylation sites is 2. The molecular weight excluding hydrogens is 446 g/mol. The number of carbonyl (C=O) groups excluding carboxylic acids is 1. The molecule has 0 aliphatic carbocycles. The molecule has 33 heavy (non-hydrogen) atoms. The SMILES string of the molecule is COCCOc1ncccc1NC(=O)c1ccc(S(=O)(=O)N(C)c2ccccc2OC)cc1. The molecule has 0 aliphatic rings. The van der Waals surface area contributed by atoms with Crippen LogP contribution in [0, 0.1) is 0 Å². The third-order valence-electron chi connectivity index (χ3n) is 4.74. The molecule has 3 rings (SSSR count). The molecule has 1 aromatic heterocycles. The van der Waals surface area contributed by atoms with Crippen molar-refractivity contribution >= 4 is 27.3 Å². The molecule has 3 aromatic rings. The zero-order chi connectivity index (χ0) is 23.8. The van der Waals surface area contributed by atoms with Crippen molar-refractivity contribution in [2.45, 2.75) is 4.90 Å². The monoisotopic (exact) mass is 471 g/mol. The maximum atomic E-state index is 13.1. The summed E-state index contributed by atoms with van der Waals surface area (Å²) in [5, 5.41) is 2.73. The highest BCUT2D eigenvalue weighted by Gasteiger charge is 2.24. The number of hydrogen-bond donors (Lipinski definition) is 1. The van der Waals surface area contributed by atoms with Gasteiger partial charge in [-0.1, -0.05) is 12.1 Å². The van der Waals surface area contributed by atoms with E-state index in [4.69, 9.17) is 14.2 Å². The highest BCUT2D eigenvalue weighted by atomic mass is 32.2. The number of aromatic nitrogens is 1. The van der Waals surface area contributed by atoms with Gasteiger partial charge in [0.25, 0.3) is 15.9 Å². The largest absolute Gasteiger partial charge is 0.495 e. The van der Waals surface area contributed by atoms with Crippen LogP contribution < -0.4 is 19.1 Å². The van der Waals surface area contributed by atoms with Crippen molar-refractivity contribution in [3.8, 4) is 11.6 Å². The molecule has 0 saturated carbocycles. The molecule has 1 N–H and O–H groups in total. The van der Waals surface area contributed by atoms with Crippen molar-refractivity contribution < 1.29 is 27.4 Å². The molecule has 174 valence electrons. The van der Waals surface area contributed by atoms with E-state index in [-0.39, 0.29) is 22.9 Å². The van der Waals surface area contributed by atoms with Crippen molar-refractivity contribution in [3.05, 3.63) is 72.4 Å². The predicted molar refractivity (Wildman–Crippen MR) is 125 cm³/mol. The quantitative estimate of drug-likeness (QED) is 0.453. The summed E-state index contributed by atoms with van der Waals surface area (Å²) in [6.45, 7) is 0.659. The van der Waals surface area contributed by atoms with E-state index in [0.717, 1.165) is 4.31 Å². The van der Waals surface area contributed by atoms with Gasteiger partial charge in [0.1, 0.15) is 18.0 Å². The Bertz CT molecular complexity index is 1200. The van der Waals surface area contributed by atoms with Crippen LogP contribution in [0.2, 0.25) is 0 Å². The lowest BCUT2D eigenvalue weighted by Crippen LogP contribution is -2.27. The summed E-state index contributed by atoms with van der Waals surface area (Å²) >= 11 is 0. The number of methoxy groups -OCH3 is 2. The molecule has 1 amide bonds. The molecule has 0 saturated heterocycles. The number of nitrogens with one attached hydrogen (secondary N) is 1. The fraction of sp³-hybridized carbons (Fsp3) is 0.217. The number of pyridine rings is 1. The number of amides is 1. The average molecular weight is 472 g/mol. The van der Waals surface area contributed by atoms with Crippen LogP contribution >= 0.6 is 0 Å². The Morgan fingerprint density at radius 1 is 1.00 bits per heavy atom. The lowest BCUT2D eigenvalue weighted by atomic mass is 10.2. The van der Waals surface area contributed by atoms with Gasteiger partial charge in [-0.05, 0) is 48.5 Å². The Kier molecular flexibility index (Phi) is 7.86. The highest BCUT2D eigenvalue weighted by Crippen LogP contribution is 2.31. The van der Waals surface area contributed by atoms with Crippen LogP contribution in [0.1, 0.15) is 10.4 Å². The molecule has 0 spiro atoms. The number of anilines is 2. The van der Waals surface area contributed by atoms with Gasteiger partial charge in [0.05, 0.1) is 24.3 Å². The van der Waals surface area contributed by atoms with E-state index >= 15 is 0 Å². The highest BCUT2D eigenvalue weighted by molar-refractivity contribution is 7.92. The Hall–Kier alpha value is -3.63. The lowest BCUT2D eigenvalue weighted by molar-refractivity contribution is 0.102. The van der Waals surface area contributed by atoms with Gasteiger partial charge >= 0.3 is 0 Å². The van der Waals surface area contributed by atoms with Gasteiger partial charge in [0, 0.05) is 25.9 Å². The standard InChI is InChI=1S/C23H25N3O6S/c1-26(20-8-4-5-9-21(20)31-3)33(28,29)18-12-10-17(11-13-18)22(27)25-19-7-6-14-24-23(19)32-16-15-30-2/h4-14H,15-16H2,1-3H3,(H,25,27). The topological polar surface area (TPSA) is 107 Å². The van der Waals surface area contributed by atoms with Gasteiger partial charge in [0.15, 0.2) is 0 Å². The minimum atomic E-state index is -3.87. The molecule has 0 atom stereocenters. The average Bonchev–Trinajstić information content (AvgIpc) is 2.84. The van der Waals surface area contributed by atoms with Gasteiger partial charge in [-0.3, -0.25) is 9.10 Å². The Morgan fingerprint density at radius 2 is 1.73 bits per heavy atom. The molecule has 9 nitrogen and oxygen atoms in total. The van der Waals surface area contributed by atoms with Crippen molar-refractivity contribution in [1.29, 1.82) is 0 Å². The third-order valence-corrected chi connectivity index (χ3v) is 6.53. The molecule has 0 unspecified atom stereocenters.